The number of hydrogen-bond acceptors (Lipinski definition) is 8. The second-order valence-corrected chi connectivity index (χ2v) is 8.27. The minimum atomic E-state index is -4.43. The fourth-order valence-electron chi connectivity index (χ4n) is 2.10. The molecule has 0 aliphatic rings. The topological polar surface area (TPSA) is 155 Å². The average molecular weight is 427 g/mol. The van der Waals surface area contributed by atoms with Gasteiger partial charge in [-0.25, -0.2) is 16.8 Å². The summed E-state index contributed by atoms with van der Waals surface area (Å²) in [7, 11) is -8.87. The summed E-state index contributed by atoms with van der Waals surface area (Å²) in [6.07, 6.45) is 0. The van der Waals surface area contributed by atoms with Crippen molar-refractivity contribution in [2.24, 2.45) is 0 Å². The summed E-state index contributed by atoms with van der Waals surface area (Å²) >= 11 is 0. The van der Waals surface area contributed by atoms with E-state index in [1.807, 2.05) is 0 Å². The Morgan fingerprint density at radius 3 is 1.11 bits per heavy atom. The Morgan fingerprint density at radius 1 is 0.630 bits per heavy atom. The molecule has 0 bridgehead atoms. The predicted octanol–water partition coefficient (Wildman–Crippen LogP) is 1.45. The number of phenols is 2. The molecule has 2 N–H and O–H groups in total. The number of benzene rings is 2. The van der Waals surface area contributed by atoms with Crippen molar-refractivity contribution >= 4 is 43.3 Å². The standard InChI is InChI=1S/2C8H10O4S.Mg/c2*1-5-6(2)8(13(10,11)12)4-3-7(5)9;/h2*3-4,9H,1-2H3,(H,10,11,12);/q;;+2/p-2. The van der Waals surface area contributed by atoms with Crippen molar-refractivity contribution < 1.29 is 36.2 Å². The number of rotatable bonds is 2. The van der Waals surface area contributed by atoms with Crippen LogP contribution >= 0.6 is 0 Å². The van der Waals surface area contributed by atoms with Crippen LogP contribution < -0.4 is 0 Å². The molecule has 2 rings (SSSR count). The van der Waals surface area contributed by atoms with Crippen LogP contribution in [-0.4, -0.2) is 59.2 Å². The molecule has 0 aliphatic carbocycles. The largest absolute Gasteiger partial charge is 2.00 e. The van der Waals surface area contributed by atoms with Gasteiger partial charge in [0.15, 0.2) is 0 Å². The van der Waals surface area contributed by atoms with E-state index < -0.39 is 20.2 Å². The van der Waals surface area contributed by atoms with Crippen LogP contribution in [0.1, 0.15) is 22.3 Å². The summed E-state index contributed by atoms with van der Waals surface area (Å²) in [5.74, 6) is -0.0187. The van der Waals surface area contributed by atoms with Crippen LogP contribution in [0.15, 0.2) is 34.1 Å². The van der Waals surface area contributed by atoms with E-state index in [0.717, 1.165) is 12.1 Å². The average Bonchev–Trinajstić information content (AvgIpc) is 2.48. The summed E-state index contributed by atoms with van der Waals surface area (Å²) in [5.41, 5.74) is 1.43. The molecule has 0 heterocycles. The summed E-state index contributed by atoms with van der Waals surface area (Å²) in [6, 6.07) is 4.63. The molecule has 0 aromatic heterocycles. The van der Waals surface area contributed by atoms with E-state index in [2.05, 4.69) is 0 Å². The first-order valence-electron chi connectivity index (χ1n) is 7.18. The van der Waals surface area contributed by atoms with Crippen LogP contribution in [0.3, 0.4) is 0 Å². The maximum Gasteiger partial charge on any atom is 2.00 e. The Kier molecular flexibility index (Phi) is 8.74. The molecule has 0 amide bonds. The zero-order chi connectivity index (χ0) is 20.4. The quantitative estimate of drug-likeness (QED) is 0.540. The van der Waals surface area contributed by atoms with Crippen LogP contribution in [-0.2, 0) is 20.2 Å². The number of phenolic OH excluding ortho intramolecular Hbond substituents is 2. The third-order valence-electron chi connectivity index (χ3n) is 3.96. The molecule has 0 spiro atoms. The van der Waals surface area contributed by atoms with Crippen LogP contribution in [0.2, 0.25) is 0 Å². The van der Waals surface area contributed by atoms with Gasteiger partial charge in [-0.2, -0.15) is 0 Å². The van der Waals surface area contributed by atoms with E-state index in [1.165, 1.54) is 26.0 Å². The second kappa shape index (κ2) is 9.21. The van der Waals surface area contributed by atoms with Crippen LogP contribution in [0.5, 0.6) is 11.5 Å². The van der Waals surface area contributed by atoms with Gasteiger partial charge in [-0.05, 0) is 74.2 Å². The summed E-state index contributed by atoms with van der Waals surface area (Å²) in [6.45, 7) is 6.08. The smallest absolute Gasteiger partial charge is 0.744 e. The Morgan fingerprint density at radius 2 is 0.889 bits per heavy atom. The maximum absolute atomic E-state index is 10.7. The van der Waals surface area contributed by atoms with Crippen molar-refractivity contribution in [3.8, 4) is 11.5 Å². The van der Waals surface area contributed by atoms with Gasteiger partial charge in [-0.1, -0.05) is 0 Å². The third-order valence-corrected chi connectivity index (χ3v) is 5.92. The molecule has 0 radical (unpaired) electrons. The molecule has 0 atom stereocenters. The fraction of sp³-hybridized carbons (Fsp3) is 0.250. The van der Waals surface area contributed by atoms with Crippen molar-refractivity contribution in [3.05, 3.63) is 46.5 Å². The molecule has 11 heteroatoms. The van der Waals surface area contributed by atoms with Crippen molar-refractivity contribution in [3.63, 3.8) is 0 Å². The van der Waals surface area contributed by atoms with Crippen molar-refractivity contribution in [2.45, 2.75) is 37.5 Å². The van der Waals surface area contributed by atoms with Gasteiger partial charge >= 0.3 is 23.1 Å². The monoisotopic (exact) mass is 426 g/mol. The molecule has 2 aromatic carbocycles. The summed E-state index contributed by atoms with van der Waals surface area (Å²) < 4.78 is 64.1. The zero-order valence-corrected chi connectivity index (χ0v) is 18.2. The van der Waals surface area contributed by atoms with Gasteiger partial charge in [0.05, 0.1) is 9.79 Å². The molecule has 0 saturated carbocycles. The van der Waals surface area contributed by atoms with E-state index in [4.69, 9.17) is 0 Å². The normalized spacial score (nSPS) is 11.2. The van der Waals surface area contributed by atoms with Gasteiger partial charge in [0.25, 0.3) is 0 Å². The van der Waals surface area contributed by atoms with Gasteiger partial charge < -0.3 is 19.3 Å². The SMILES string of the molecule is Cc1c(O)ccc(S(=O)(=O)[O-])c1C.Cc1c(O)ccc(S(=O)(=O)[O-])c1C.[Mg+2]. The Labute approximate surface area is 174 Å². The summed E-state index contributed by atoms with van der Waals surface area (Å²) in [4.78, 5) is -0.550. The predicted molar refractivity (Wildman–Crippen MR) is 96.8 cm³/mol. The van der Waals surface area contributed by atoms with Gasteiger partial charge in [-0.15, -0.1) is 0 Å². The van der Waals surface area contributed by atoms with E-state index in [0.29, 0.717) is 22.3 Å². The van der Waals surface area contributed by atoms with Crippen LogP contribution in [0, 0.1) is 27.7 Å². The second-order valence-electron chi connectivity index (χ2n) is 5.57. The zero-order valence-electron chi connectivity index (χ0n) is 15.2. The molecular formula is C16H18MgO8S2. The third kappa shape index (κ3) is 6.33. The minimum absolute atomic E-state index is 0. The molecule has 0 aliphatic heterocycles. The molecule has 27 heavy (non-hydrogen) atoms. The van der Waals surface area contributed by atoms with Gasteiger partial charge in [0, 0.05) is 0 Å². The maximum atomic E-state index is 10.7. The van der Waals surface area contributed by atoms with E-state index in [-0.39, 0.29) is 44.3 Å². The fourth-order valence-corrected chi connectivity index (χ4v) is 3.63. The molecule has 0 saturated heterocycles. The number of hydrogen-bond donors (Lipinski definition) is 2. The van der Waals surface area contributed by atoms with Gasteiger partial charge in [0.1, 0.15) is 31.7 Å². The van der Waals surface area contributed by atoms with Crippen molar-refractivity contribution in [2.75, 3.05) is 0 Å². The Balaban J connectivity index is 0.000000483. The first-order chi connectivity index (χ1) is 11.7. The molecule has 0 unspecified atom stereocenters. The van der Waals surface area contributed by atoms with Gasteiger partial charge in [-0.3, -0.25) is 0 Å². The first-order valence-corrected chi connectivity index (χ1v) is 9.99. The van der Waals surface area contributed by atoms with E-state index in [1.54, 1.807) is 13.8 Å². The van der Waals surface area contributed by atoms with Crippen molar-refractivity contribution in [1.29, 1.82) is 0 Å². The molecule has 144 valence electrons. The first kappa shape index (κ1) is 25.6. The van der Waals surface area contributed by atoms with Crippen LogP contribution in [0.4, 0.5) is 0 Å². The van der Waals surface area contributed by atoms with Gasteiger partial charge in [0.2, 0.25) is 0 Å². The summed E-state index contributed by atoms with van der Waals surface area (Å²) in [5, 5.41) is 18.4. The molecule has 0 fully saturated rings. The van der Waals surface area contributed by atoms with Crippen LogP contribution in [0.25, 0.3) is 0 Å². The Hall–Kier alpha value is -1.37. The van der Waals surface area contributed by atoms with Crippen molar-refractivity contribution in [1.82, 2.24) is 0 Å². The number of aromatic hydroxyl groups is 2. The van der Waals surface area contributed by atoms with E-state index in [9.17, 15) is 36.2 Å². The molecular weight excluding hydrogens is 409 g/mol. The van der Waals surface area contributed by atoms with E-state index >= 15 is 0 Å². The minimum Gasteiger partial charge on any atom is -0.744 e. The molecule has 8 nitrogen and oxygen atoms in total. The molecule has 2 aromatic rings. The Bertz CT molecular complexity index is 959.